The number of amides is 1. The van der Waals surface area contributed by atoms with E-state index < -0.39 is 0 Å². The molecule has 2 aromatic rings. The third-order valence-corrected chi connectivity index (χ3v) is 4.70. The standard InChI is InChI=1S/C16H17N5O/c17-6-12-2-4-21-10-14(18-7-15(12)21)16(22)19-13-5-11-1-3-20(8-11)9-13/h2,4,7,10-11,13H,1,3,5,8-9H2,(H,19,22)/t11?,13-/m1/s1. The number of nitriles is 1. The van der Waals surface area contributed by atoms with E-state index in [9.17, 15) is 4.79 Å². The molecule has 3 atom stereocenters. The van der Waals surface area contributed by atoms with E-state index in [-0.39, 0.29) is 11.9 Å². The molecule has 2 saturated heterocycles. The van der Waals surface area contributed by atoms with Crippen LogP contribution in [0.5, 0.6) is 0 Å². The van der Waals surface area contributed by atoms with Crippen LogP contribution in [0.4, 0.5) is 0 Å². The number of nitrogens with zero attached hydrogens (tertiary/aromatic N) is 4. The highest BCUT2D eigenvalue weighted by molar-refractivity contribution is 5.92. The number of hydrogen-bond acceptors (Lipinski definition) is 4. The van der Waals surface area contributed by atoms with E-state index in [1.54, 1.807) is 29.1 Å². The molecule has 2 aliphatic rings. The predicted octanol–water partition coefficient (Wildman–Crippen LogP) is 1.03. The molecule has 1 amide bonds. The molecule has 4 rings (SSSR count). The third-order valence-electron chi connectivity index (χ3n) is 4.70. The average Bonchev–Trinajstić information content (AvgIpc) is 3.09. The summed E-state index contributed by atoms with van der Waals surface area (Å²) in [6, 6.07) is 4.05. The zero-order valence-electron chi connectivity index (χ0n) is 12.2. The molecule has 2 aliphatic heterocycles. The molecule has 0 aliphatic carbocycles. The van der Waals surface area contributed by atoms with Gasteiger partial charge in [0.2, 0.25) is 0 Å². The minimum Gasteiger partial charge on any atom is -0.347 e. The summed E-state index contributed by atoms with van der Waals surface area (Å²) in [4.78, 5) is 19.0. The Morgan fingerprint density at radius 1 is 1.45 bits per heavy atom. The van der Waals surface area contributed by atoms with Crippen molar-refractivity contribution >= 4 is 11.4 Å². The summed E-state index contributed by atoms with van der Waals surface area (Å²) < 4.78 is 1.77. The largest absolute Gasteiger partial charge is 0.347 e. The van der Waals surface area contributed by atoms with E-state index in [1.807, 2.05) is 0 Å². The number of carbonyl (C=O) groups is 1. The number of aromatic nitrogens is 2. The molecule has 6 nitrogen and oxygen atoms in total. The van der Waals surface area contributed by atoms with Gasteiger partial charge in [-0.05, 0) is 31.4 Å². The molecule has 2 unspecified atom stereocenters. The van der Waals surface area contributed by atoms with Crippen molar-refractivity contribution < 1.29 is 4.79 Å². The second kappa shape index (κ2) is 5.11. The lowest BCUT2D eigenvalue weighted by molar-refractivity contribution is 0.0904. The van der Waals surface area contributed by atoms with Gasteiger partial charge in [0.25, 0.3) is 5.91 Å². The Balaban J connectivity index is 1.52. The van der Waals surface area contributed by atoms with Gasteiger partial charge in [-0.2, -0.15) is 5.26 Å². The Bertz CT molecular complexity index is 762. The number of piperidine rings is 1. The molecule has 2 bridgehead atoms. The normalized spacial score (nSPS) is 26.8. The van der Waals surface area contributed by atoms with Gasteiger partial charge in [0, 0.05) is 31.5 Å². The van der Waals surface area contributed by atoms with Crippen LogP contribution < -0.4 is 5.32 Å². The molecule has 0 aromatic carbocycles. The highest BCUT2D eigenvalue weighted by Crippen LogP contribution is 2.26. The SMILES string of the molecule is N#Cc1ccn2cc(C(=O)N[C@@H]3CC4CCN(C4)C3)ncc12. The van der Waals surface area contributed by atoms with Crippen LogP contribution in [0.2, 0.25) is 0 Å². The monoisotopic (exact) mass is 295 g/mol. The van der Waals surface area contributed by atoms with Crippen molar-refractivity contribution in [3.63, 3.8) is 0 Å². The zero-order valence-corrected chi connectivity index (χ0v) is 12.2. The van der Waals surface area contributed by atoms with Crippen LogP contribution in [0.1, 0.15) is 28.9 Å². The fourth-order valence-electron chi connectivity index (χ4n) is 3.64. The molecular weight excluding hydrogens is 278 g/mol. The fraction of sp³-hybridized carbons (Fsp3) is 0.438. The van der Waals surface area contributed by atoms with Gasteiger partial charge in [-0.1, -0.05) is 0 Å². The summed E-state index contributed by atoms with van der Waals surface area (Å²) in [6.45, 7) is 3.27. The van der Waals surface area contributed by atoms with E-state index in [4.69, 9.17) is 5.26 Å². The van der Waals surface area contributed by atoms with Gasteiger partial charge in [-0.25, -0.2) is 4.98 Å². The van der Waals surface area contributed by atoms with Crippen molar-refractivity contribution in [2.45, 2.75) is 18.9 Å². The van der Waals surface area contributed by atoms with Crippen molar-refractivity contribution in [2.75, 3.05) is 19.6 Å². The first-order valence-electron chi connectivity index (χ1n) is 7.63. The van der Waals surface area contributed by atoms with Crippen LogP contribution in [-0.4, -0.2) is 45.9 Å². The lowest BCUT2D eigenvalue weighted by atomic mass is 9.97. The minimum absolute atomic E-state index is 0.137. The van der Waals surface area contributed by atoms with Gasteiger partial charge < -0.3 is 14.6 Å². The summed E-state index contributed by atoms with van der Waals surface area (Å²) >= 11 is 0. The third kappa shape index (κ3) is 2.24. The first-order chi connectivity index (χ1) is 10.7. The zero-order chi connectivity index (χ0) is 15.1. The lowest BCUT2D eigenvalue weighted by Crippen LogP contribution is -2.47. The van der Waals surface area contributed by atoms with Crippen LogP contribution in [0.25, 0.3) is 5.52 Å². The summed E-state index contributed by atoms with van der Waals surface area (Å²) in [6.07, 6.45) is 7.35. The molecule has 1 N–H and O–H groups in total. The Kier molecular flexibility index (Phi) is 3.09. The van der Waals surface area contributed by atoms with Crippen LogP contribution in [0.15, 0.2) is 24.7 Å². The predicted molar refractivity (Wildman–Crippen MR) is 80.3 cm³/mol. The second-order valence-electron chi connectivity index (χ2n) is 6.23. The summed E-state index contributed by atoms with van der Waals surface area (Å²) in [7, 11) is 0. The topological polar surface area (TPSA) is 73.4 Å². The van der Waals surface area contributed by atoms with Gasteiger partial charge in [-0.15, -0.1) is 0 Å². The quantitative estimate of drug-likeness (QED) is 0.898. The van der Waals surface area contributed by atoms with E-state index in [0.717, 1.165) is 30.9 Å². The number of nitrogens with one attached hydrogen (secondary N) is 1. The molecule has 0 saturated carbocycles. The van der Waals surface area contributed by atoms with Gasteiger partial charge in [0.1, 0.15) is 11.8 Å². The van der Waals surface area contributed by atoms with Crippen molar-refractivity contribution in [3.8, 4) is 6.07 Å². The number of fused-ring (bicyclic) bond motifs is 3. The van der Waals surface area contributed by atoms with Gasteiger partial charge >= 0.3 is 0 Å². The number of rotatable bonds is 2. The van der Waals surface area contributed by atoms with Crippen molar-refractivity contribution in [3.05, 3.63) is 35.9 Å². The molecule has 6 heteroatoms. The summed E-state index contributed by atoms with van der Waals surface area (Å²) in [5.74, 6) is 0.582. The minimum atomic E-state index is -0.137. The maximum absolute atomic E-state index is 12.4. The molecule has 4 heterocycles. The fourth-order valence-corrected chi connectivity index (χ4v) is 3.64. The van der Waals surface area contributed by atoms with Crippen LogP contribution in [-0.2, 0) is 0 Å². The highest BCUT2D eigenvalue weighted by atomic mass is 16.2. The number of carbonyl (C=O) groups excluding carboxylic acids is 1. The van der Waals surface area contributed by atoms with E-state index in [2.05, 4.69) is 21.3 Å². The van der Waals surface area contributed by atoms with E-state index in [0.29, 0.717) is 11.3 Å². The van der Waals surface area contributed by atoms with Crippen molar-refractivity contribution in [1.82, 2.24) is 19.6 Å². The van der Waals surface area contributed by atoms with Crippen molar-refractivity contribution in [1.29, 1.82) is 5.26 Å². The molecule has 22 heavy (non-hydrogen) atoms. The maximum Gasteiger partial charge on any atom is 0.271 e. The highest BCUT2D eigenvalue weighted by Gasteiger charge is 2.33. The molecule has 0 radical (unpaired) electrons. The lowest BCUT2D eigenvalue weighted by Gasteiger charge is -2.30. The van der Waals surface area contributed by atoms with E-state index in [1.165, 1.54) is 13.0 Å². The first-order valence-corrected chi connectivity index (χ1v) is 7.63. The second-order valence-corrected chi connectivity index (χ2v) is 6.23. The van der Waals surface area contributed by atoms with E-state index >= 15 is 0 Å². The Hall–Kier alpha value is -2.39. The smallest absolute Gasteiger partial charge is 0.271 e. The Morgan fingerprint density at radius 2 is 2.36 bits per heavy atom. The Morgan fingerprint density at radius 3 is 3.18 bits per heavy atom. The van der Waals surface area contributed by atoms with Gasteiger partial charge in [0.15, 0.2) is 0 Å². The number of hydrogen-bond donors (Lipinski definition) is 1. The molecule has 0 spiro atoms. The molecular formula is C16H17N5O. The van der Waals surface area contributed by atoms with Gasteiger partial charge in [0.05, 0.1) is 17.3 Å². The van der Waals surface area contributed by atoms with Gasteiger partial charge in [-0.3, -0.25) is 4.79 Å². The molecule has 2 aromatic heterocycles. The summed E-state index contributed by atoms with van der Waals surface area (Å²) in [5.41, 5.74) is 1.68. The van der Waals surface area contributed by atoms with Crippen LogP contribution in [0.3, 0.4) is 0 Å². The maximum atomic E-state index is 12.4. The Labute approximate surface area is 128 Å². The molecule has 2 fully saturated rings. The first kappa shape index (κ1) is 13.3. The summed E-state index contributed by atoms with van der Waals surface area (Å²) in [5, 5.41) is 12.1. The van der Waals surface area contributed by atoms with Crippen LogP contribution in [0, 0.1) is 17.2 Å². The van der Waals surface area contributed by atoms with Crippen LogP contribution >= 0.6 is 0 Å². The van der Waals surface area contributed by atoms with Crippen molar-refractivity contribution in [2.24, 2.45) is 5.92 Å². The average molecular weight is 295 g/mol. The molecule has 112 valence electrons.